The van der Waals surface area contributed by atoms with Crippen molar-refractivity contribution in [3.8, 4) is 0 Å². The van der Waals surface area contributed by atoms with Crippen LogP contribution in [0.1, 0.15) is 12.1 Å². The fraction of sp³-hybridized carbons (Fsp3) is 0.667. The normalized spacial score (nSPS) is 10.6. The Labute approximate surface area is 108 Å². The first kappa shape index (κ1) is 14.7. The van der Waals surface area contributed by atoms with Gasteiger partial charge in [0.1, 0.15) is 0 Å². The summed E-state index contributed by atoms with van der Waals surface area (Å²) in [6.07, 6.45) is 3.49. The molecule has 0 aromatic carbocycles. The van der Waals surface area contributed by atoms with Crippen LogP contribution in [0.5, 0.6) is 0 Å². The van der Waals surface area contributed by atoms with Crippen molar-refractivity contribution in [3.05, 3.63) is 18.0 Å². The zero-order valence-electron chi connectivity index (χ0n) is 11.1. The Hall–Kier alpha value is -1.40. The molecule has 1 amide bonds. The first-order valence-corrected chi connectivity index (χ1v) is 6.17. The van der Waals surface area contributed by atoms with E-state index in [-0.39, 0.29) is 5.91 Å². The molecule has 6 nitrogen and oxygen atoms in total. The van der Waals surface area contributed by atoms with Gasteiger partial charge in [-0.2, -0.15) is 5.10 Å². The fourth-order valence-electron chi connectivity index (χ4n) is 1.57. The third-order valence-electron chi connectivity index (χ3n) is 2.61. The first-order valence-electron chi connectivity index (χ1n) is 6.17. The molecule has 0 atom stereocenters. The molecule has 1 aromatic rings. The molecule has 0 aliphatic heterocycles. The Balaban J connectivity index is 2.00. The molecular weight excluding hydrogens is 232 g/mol. The Bertz CT molecular complexity index is 352. The maximum Gasteiger partial charge on any atom is 0.233 e. The van der Waals surface area contributed by atoms with Crippen molar-refractivity contribution in [1.82, 2.24) is 20.4 Å². The molecule has 6 heteroatoms. The van der Waals surface area contributed by atoms with Gasteiger partial charge < -0.3 is 15.4 Å². The second-order valence-corrected chi connectivity index (χ2v) is 4.07. The van der Waals surface area contributed by atoms with E-state index in [1.54, 1.807) is 13.3 Å². The summed E-state index contributed by atoms with van der Waals surface area (Å²) in [5.41, 5.74) is 1.16. The lowest BCUT2D eigenvalue weighted by Crippen LogP contribution is -2.35. The molecule has 0 aliphatic rings. The van der Waals surface area contributed by atoms with Crippen molar-refractivity contribution in [2.75, 3.05) is 33.4 Å². The van der Waals surface area contributed by atoms with Crippen LogP contribution < -0.4 is 10.6 Å². The van der Waals surface area contributed by atoms with Crippen molar-refractivity contribution in [2.24, 2.45) is 7.05 Å². The Morgan fingerprint density at radius 3 is 3.00 bits per heavy atom. The van der Waals surface area contributed by atoms with Gasteiger partial charge in [-0.05, 0) is 12.5 Å². The van der Waals surface area contributed by atoms with Crippen LogP contribution in [0.25, 0.3) is 0 Å². The summed E-state index contributed by atoms with van der Waals surface area (Å²) in [4.78, 5) is 11.4. The summed E-state index contributed by atoms with van der Waals surface area (Å²) < 4.78 is 6.74. The second-order valence-electron chi connectivity index (χ2n) is 4.07. The van der Waals surface area contributed by atoms with Crippen LogP contribution in [0.4, 0.5) is 0 Å². The standard InChI is InChI=1S/C12H22N4O2/c1-16-11(5-8-15-16)4-7-13-10-12(17)14-6-3-9-18-2/h5,8,13H,3-4,6-7,9-10H2,1-2H3,(H,14,17). The lowest BCUT2D eigenvalue weighted by Gasteiger charge is -2.06. The monoisotopic (exact) mass is 254 g/mol. The molecule has 1 heterocycles. The molecule has 18 heavy (non-hydrogen) atoms. The average molecular weight is 254 g/mol. The number of hydrogen-bond donors (Lipinski definition) is 2. The number of rotatable bonds is 9. The molecular formula is C12H22N4O2. The van der Waals surface area contributed by atoms with Gasteiger partial charge >= 0.3 is 0 Å². The van der Waals surface area contributed by atoms with Gasteiger partial charge in [0.15, 0.2) is 0 Å². The van der Waals surface area contributed by atoms with Crippen LogP contribution in [0, 0.1) is 0 Å². The number of methoxy groups -OCH3 is 1. The number of nitrogens with one attached hydrogen (secondary N) is 2. The average Bonchev–Trinajstić information content (AvgIpc) is 2.76. The van der Waals surface area contributed by atoms with Crippen molar-refractivity contribution >= 4 is 5.91 Å². The predicted molar refractivity (Wildman–Crippen MR) is 69.3 cm³/mol. The molecule has 0 saturated carbocycles. The minimum atomic E-state index is 0.0242. The molecule has 1 aromatic heterocycles. The molecule has 0 spiro atoms. The molecule has 1 rings (SSSR count). The molecule has 102 valence electrons. The van der Waals surface area contributed by atoms with Crippen LogP contribution in [-0.2, 0) is 23.0 Å². The maximum atomic E-state index is 11.4. The van der Waals surface area contributed by atoms with E-state index >= 15 is 0 Å². The van der Waals surface area contributed by atoms with E-state index in [9.17, 15) is 4.79 Å². The quantitative estimate of drug-likeness (QED) is 0.594. The van der Waals surface area contributed by atoms with E-state index in [1.165, 1.54) is 0 Å². The smallest absolute Gasteiger partial charge is 0.233 e. The summed E-state index contributed by atoms with van der Waals surface area (Å²) in [6.45, 7) is 2.46. The van der Waals surface area contributed by atoms with Crippen molar-refractivity contribution in [1.29, 1.82) is 0 Å². The number of nitrogens with zero attached hydrogens (tertiary/aromatic N) is 2. The highest BCUT2D eigenvalue weighted by molar-refractivity contribution is 5.77. The largest absolute Gasteiger partial charge is 0.385 e. The SMILES string of the molecule is COCCCNC(=O)CNCCc1ccnn1C. The third-order valence-corrected chi connectivity index (χ3v) is 2.61. The molecule has 0 saturated heterocycles. The Kier molecular flexibility index (Phi) is 7.05. The molecule has 0 unspecified atom stereocenters. The van der Waals surface area contributed by atoms with E-state index in [0.29, 0.717) is 19.7 Å². The van der Waals surface area contributed by atoms with Crippen molar-refractivity contribution < 1.29 is 9.53 Å². The molecule has 2 N–H and O–H groups in total. The summed E-state index contributed by atoms with van der Waals surface area (Å²) >= 11 is 0. The first-order chi connectivity index (χ1) is 8.74. The minimum Gasteiger partial charge on any atom is -0.385 e. The number of hydrogen-bond acceptors (Lipinski definition) is 4. The zero-order valence-corrected chi connectivity index (χ0v) is 11.1. The Morgan fingerprint density at radius 1 is 1.50 bits per heavy atom. The number of aryl methyl sites for hydroxylation is 1. The summed E-state index contributed by atoms with van der Waals surface area (Å²) in [6, 6.07) is 1.98. The summed E-state index contributed by atoms with van der Waals surface area (Å²) in [5, 5.41) is 10.0. The summed E-state index contributed by atoms with van der Waals surface area (Å²) in [5.74, 6) is 0.0242. The van der Waals surface area contributed by atoms with Crippen LogP contribution >= 0.6 is 0 Å². The number of aromatic nitrogens is 2. The van der Waals surface area contributed by atoms with Crippen molar-refractivity contribution in [2.45, 2.75) is 12.8 Å². The van der Waals surface area contributed by atoms with Gasteiger partial charge in [0.05, 0.1) is 6.54 Å². The van der Waals surface area contributed by atoms with Gasteiger partial charge in [-0.15, -0.1) is 0 Å². The highest BCUT2D eigenvalue weighted by Gasteiger charge is 2.01. The van der Waals surface area contributed by atoms with E-state index in [2.05, 4.69) is 15.7 Å². The molecule has 0 fully saturated rings. The third kappa shape index (κ3) is 5.79. The van der Waals surface area contributed by atoms with Crippen LogP contribution in [0.3, 0.4) is 0 Å². The second kappa shape index (κ2) is 8.66. The topological polar surface area (TPSA) is 68.2 Å². The maximum absolute atomic E-state index is 11.4. The fourth-order valence-corrected chi connectivity index (χ4v) is 1.57. The van der Waals surface area contributed by atoms with E-state index in [4.69, 9.17) is 4.74 Å². The van der Waals surface area contributed by atoms with Crippen LogP contribution in [0.15, 0.2) is 12.3 Å². The number of carbonyl (C=O) groups is 1. The lowest BCUT2D eigenvalue weighted by molar-refractivity contribution is -0.120. The van der Waals surface area contributed by atoms with Gasteiger partial charge in [-0.25, -0.2) is 0 Å². The van der Waals surface area contributed by atoms with Crippen molar-refractivity contribution in [3.63, 3.8) is 0 Å². The highest BCUT2D eigenvalue weighted by Crippen LogP contribution is 1.95. The molecule has 0 bridgehead atoms. The highest BCUT2D eigenvalue weighted by atomic mass is 16.5. The van der Waals surface area contributed by atoms with Crippen LogP contribution in [-0.4, -0.2) is 49.0 Å². The van der Waals surface area contributed by atoms with Gasteiger partial charge in [-0.3, -0.25) is 9.48 Å². The predicted octanol–water partition coefficient (Wildman–Crippen LogP) is -0.295. The number of ether oxygens (including phenoxy) is 1. The number of carbonyl (C=O) groups excluding carboxylic acids is 1. The molecule has 0 radical (unpaired) electrons. The van der Waals surface area contributed by atoms with E-state index in [1.807, 2.05) is 17.8 Å². The van der Waals surface area contributed by atoms with Gasteiger partial charge in [0.25, 0.3) is 0 Å². The van der Waals surface area contributed by atoms with Gasteiger partial charge in [-0.1, -0.05) is 0 Å². The van der Waals surface area contributed by atoms with Crippen LogP contribution in [0.2, 0.25) is 0 Å². The lowest BCUT2D eigenvalue weighted by atomic mass is 10.3. The minimum absolute atomic E-state index is 0.0242. The van der Waals surface area contributed by atoms with Gasteiger partial charge in [0.2, 0.25) is 5.91 Å². The van der Waals surface area contributed by atoms with E-state index < -0.39 is 0 Å². The van der Waals surface area contributed by atoms with Gasteiger partial charge in [0, 0.05) is 52.2 Å². The zero-order chi connectivity index (χ0) is 13.2. The summed E-state index contributed by atoms with van der Waals surface area (Å²) in [7, 11) is 3.57. The number of amides is 1. The Morgan fingerprint density at radius 2 is 2.33 bits per heavy atom. The van der Waals surface area contributed by atoms with E-state index in [0.717, 1.165) is 25.1 Å². The molecule has 0 aliphatic carbocycles.